The third-order valence-corrected chi connectivity index (χ3v) is 4.00. The highest BCUT2D eigenvalue weighted by atomic mass is 79.9. The average Bonchev–Trinajstić information content (AvgIpc) is 2.08. The van der Waals surface area contributed by atoms with E-state index in [0.717, 1.165) is 11.5 Å². The van der Waals surface area contributed by atoms with E-state index in [1.165, 1.54) is 6.92 Å². The van der Waals surface area contributed by atoms with Crippen LogP contribution < -0.4 is 0 Å². The molecule has 0 bridgehead atoms. The monoisotopic (exact) mass is 293 g/mol. The predicted molar refractivity (Wildman–Crippen MR) is 51.6 cm³/mol. The highest BCUT2D eigenvalue weighted by Crippen LogP contribution is 2.28. The lowest BCUT2D eigenvalue weighted by molar-refractivity contribution is 0.482. The van der Waals surface area contributed by atoms with Crippen LogP contribution in [-0.4, -0.2) is 17.3 Å². The average molecular weight is 295 g/mol. The van der Waals surface area contributed by atoms with Crippen molar-refractivity contribution >= 4 is 50.0 Å². The molecule has 0 unspecified atom stereocenters. The van der Waals surface area contributed by atoms with Gasteiger partial charge in [-0.15, -0.1) is 12.4 Å². The fourth-order valence-corrected chi connectivity index (χ4v) is 3.39. The van der Waals surface area contributed by atoms with Gasteiger partial charge in [-0.3, -0.25) is 4.55 Å². The van der Waals surface area contributed by atoms with E-state index in [4.69, 9.17) is 4.55 Å². The van der Waals surface area contributed by atoms with Gasteiger partial charge in [0.25, 0.3) is 10.1 Å². The topological polar surface area (TPSA) is 67.3 Å². The van der Waals surface area contributed by atoms with Crippen LogP contribution >= 0.6 is 39.9 Å². The number of aromatic nitrogens is 1. The Morgan fingerprint density at radius 2 is 2.08 bits per heavy atom. The van der Waals surface area contributed by atoms with Gasteiger partial charge < -0.3 is 0 Å². The van der Waals surface area contributed by atoms with Crippen LogP contribution in [0.4, 0.5) is 0 Å². The Hall–Kier alpha value is 0.310. The van der Waals surface area contributed by atoms with Crippen molar-refractivity contribution in [1.29, 1.82) is 0 Å². The second kappa shape index (κ2) is 4.01. The zero-order chi connectivity index (χ0) is 8.65. The largest absolute Gasteiger partial charge is 0.298 e. The Kier molecular flexibility index (Phi) is 4.12. The van der Waals surface area contributed by atoms with E-state index in [0.29, 0.717) is 9.48 Å². The molecule has 0 aromatic carbocycles. The molecule has 12 heavy (non-hydrogen) atoms. The van der Waals surface area contributed by atoms with Gasteiger partial charge in [-0.05, 0) is 34.4 Å². The van der Waals surface area contributed by atoms with Gasteiger partial charge in [-0.25, -0.2) is 0 Å². The van der Waals surface area contributed by atoms with Crippen molar-refractivity contribution in [1.82, 2.24) is 4.37 Å². The minimum absolute atomic E-state index is 0. The fraction of sp³-hybridized carbons (Fsp3) is 0.250. The van der Waals surface area contributed by atoms with Crippen LogP contribution in [0.1, 0.15) is 5.69 Å². The summed E-state index contributed by atoms with van der Waals surface area (Å²) in [6, 6.07) is 0. The minimum atomic E-state index is -4.12. The molecular formula is C4H5BrClNO3S2. The van der Waals surface area contributed by atoms with Crippen LogP contribution in [0, 0.1) is 6.92 Å². The van der Waals surface area contributed by atoms with Crippen molar-refractivity contribution in [3.8, 4) is 0 Å². The summed E-state index contributed by atoms with van der Waals surface area (Å²) in [6.45, 7) is 1.52. The summed E-state index contributed by atoms with van der Waals surface area (Å²) < 4.78 is 34.0. The number of nitrogens with zero attached hydrogens (tertiary/aromatic N) is 1. The molecule has 0 radical (unpaired) electrons. The summed E-state index contributed by atoms with van der Waals surface area (Å²) in [5, 5.41) is 0. The van der Waals surface area contributed by atoms with E-state index in [9.17, 15) is 8.42 Å². The molecule has 1 heterocycles. The van der Waals surface area contributed by atoms with Gasteiger partial charge in [0, 0.05) is 0 Å². The maximum atomic E-state index is 10.6. The molecule has 1 rings (SSSR count). The third-order valence-electron chi connectivity index (χ3n) is 1.03. The molecule has 0 atom stereocenters. The van der Waals surface area contributed by atoms with Crippen LogP contribution in [0.5, 0.6) is 0 Å². The molecule has 0 aliphatic rings. The summed E-state index contributed by atoms with van der Waals surface area (Å²) in [5.74, 6) is 0. The Labute approximate surface area is 88.4 Å². The standard InChI is InChI=1S/C4H4BrNO3S2.ClH/c1-2-3(11(7,8)9)4(5)10-6-2;/h1H3,(H,7,8,9);1H. The lowest BCUT2D eigenvalue weighted by Crippen LogP contribution is -1.98. The van der Waals surface area contributed by atoms with Crippen LogP contribution in [0.3, 0.4) is 0 Å². The van der Waals surface area contributed by atoms with Gasteiger partial charge in [-0.2, -0.15) is 12.8 Å². The van der Waals surface area contributed by atoms with Gasteiger partial charge in [0.1, 0.15) is 8.68 Å². The molecule has 8 heteroatoms. The highest BCUT2D eigenvalue weighted by Gasteiger charge is 2.20. The van der Waals surface area contributed by atoms with E-state index >= 15 is 0 Å². The molecule has 4 nitrogen and oxygen atoms in total. The molecule has 0 saturated heterocycles. The molecule has 0 spiro atoms. The van der Waals surface area contributed by atoms with Crippen LogP contribution in [-0.2, 0) is 10.1 Å². The smallest absolute Gasteiger partial charge is 0.282 e. The van der Waals surface area contributed by atoms with Gasteiger partial charge in [0.2, 0.25) is 0 Å². The fourth-order valence-electron chi connectivity index (χ4n) is 0.622. The normalized spacial score (nSPS) is 10.9. The Morgan fingerprint density at radius 3 is 2.25 bits per heavy atom. The van der Waals surface area contributed by atoms with E-state index in [2.05, 4.69) is 20.3 Å². The number of aryl methyl sites for hydroxylation is 1. The number of hydrogen-bond donors (Lipinski definition) is 1. The number of rotatable bonds is 1. The second-order valence-corrected chi connectivity index (χ2v) is 5.30. The number of hydrogen-bond acceptors (Lipinski definition) is 4. The van der Waals surface area contributed by atoms with E-state index < -0.39 is 10.1 Å². The van der Waals surface area contributed by atoms with Crippen molar-refractivity contribution in [2.45, 2.75) is 11.8 Å². The molecule has 0 fully saturated rings. The van der Waals surface area contributed by atoms with Crippen LogP contribution in [0.15, 0.2) is 8.68 Å². The molecule has 70 valence electrons. The van der Waals surface area contributed by atoms with Gasteiger partial charge in [0.15, 0.2) is 0 Å². The predicted octanol–water partition coefficient (Wildman–Crippen LogP) is 1.88. The first-order valence-corrected chi connectivity index (χ1v) is 5.53. The van der Waals surface area contributed by atoms with Gasteiger partial charge >= 0.3 is 0 Å². The van der Waals surface area contributed by atoms with Crippen molar-refractivity contribution in [3.63, 3.8) is 0 Å². The maximum absolute atomic E-state index is 10.6. The Bertz CT molecular complexity index is 354. The third kappa shape index (κ3) is 2.40. The highest BCUT2D eigenvalue weighted by molar-refractivity contribution is 9.11. The molecule has 1 aromatic heterocycles. The van der Waals surface area contributed by atoms with Crippen LogP contribution in [0.2, 0.25) is 0 Å². The first kappa shape index (κ1) is 12.3. The van der Waals surface area contributed by atoms with Crippen molar-refractivity contribution < 1.29 is 13.0 Å². The first-order valence-electron chi connectivity index (χ1n) is 2.52. The van der Waals surface area contributed by atoms with E-state index in [-0.39, 0.29) is 17.3 Å². The van der Waals surface area contributed by atoms with Gasteiger partial charge in [-0.1, -0.05) is 0 Å². The van der Waals surface area contributed by atoms with Crippen molar-refractivity contribution in [3.05, 3.63) is 9.48 Å². The zero-order valence-corrected chi connectivity index (χ0v) is 9.85. The molecular weight excluding hydrogens is 290 g/mol. The summed E-state index contributed by atoms with van der Waals surface area (Å²) >= 11 is 3.96. The molecule has 0 aliphatic heterocycles. The van der Waals surface area contributed by atoms with Crippen molar-refractivity contribution in [2.75, 3.05) is 0 Å². The summed E-state index contributed by atoms with van der Waals surface area (Å²) in [4.78, 5) is -0.137. The van der Waals surface area contributed by atoms with Crippen LogP contribution in [0.25, 0.3) is 0 Å². The van der Waals surface area contributed by atoms with E-state index in [1.54, 1.807) is 0 Å². The van der Waals surface area contributed by atoms with E-state index in [1.807, 2.05) is 0 Å². The zero-order valence-electron chi connectivity index (χ0n) is 5.81. The Balaban J connectivity index is 0.00000121. The summed E-state index contributed by atoms with van der Waals surface area (Å²) in [7, 11) is -4.12. The van der Waals surface area contributed by atoms with Crippen molar-refractivity contribution in [2.24, 2.45) is 0 Å². The molecule has 1 aromatic rings. The SMILES string of the molecule is Cc1nsc(Br)c1S(=O)(=O)O.Cl. The maximum Gasteiger partial charge on any atom is 0.298 e. The summed E-state index contributed by atoms with van der Waals surface area (Å²) in [5.41, 5.74) is 0.310. The van der Waals surface area contributed by atoms with Gasteiger partial charge in [0.05, 0.1) is 5.69 Å². The summed E-state index contributed by atoms with van der Waals surface area (Å²) in [6.07, 6.45) is 0. The Morgan fingerprint density at radius 1 is 1.58 bits per heavy atom. The molecule has 0 amide bonds. The second-order valence-electron chi connectivity index (χ2n) is 1.85. The minimum Gasteiger partial charge on any atom is -0.282 e. The first-order chi connectivity index (χ1) is 4.93. The number of halogens is 2. The molecule has 0 aliphatic carbocycles. The quantitative estimate of drug-likeness (QED) is 0.803. The lowest BCUT2D eigenvalue weighted by Gasteiger charge is -1.92. The molecule has 0 saturated carbocycles. The lowest BCUT2D eigenvalue weighted by atomic mass is 10.5. The molecule has 1 N–H and O–H groups in total.